The van der Waals surface area contributed by atoms with E-state index in [2.05, 4.69) is 43.4 Å². The van der Waals surface area contributed by atoms with Crippen molar-refractivity contribution in [1.82, 2.24) is 4.90 Å². The highest BCUT2D eigenvalue weighted by atomic mass is 127. The Bertz CT molecular complexity index is 1160. The highest BCUT2D eigenvalue weighted by molar-refractivity contribution is 14.1. The molecule has 1 N–H and O–H groups in total. The second-order valence-corrected chi connectivity index (χ2v) is 11.9. The number of phenolic OH excluding ortho intramolecular Hbond substituents is 1. The predicted octanol–water partition coefficient (Wildman–Crippen LogP) is 6.11. The van der Waals surface area contributed by atoms with Gasteiger partial charge in [-0.15, -0.1) is 0 Å². The van der Waals surface area contributed by atoms with E-state index in [1.165, 1.54) is 7.11 Å². The summed E-state index contributed by atoms with van der Waals surface area (Å²) >= 11 is 2.07. The number of carbonyl (C=O) groups excluding carboxylic acids is 2. The van der Waals surface area contributed by atoms with Crippen molar-refractivity contribution in [3.05, 3.63) is 62.7 Å². The van der Waals surface area contributed by atoms with Gasteiger partial charge in [-0.05, 0) is 96.4 Å². The molecule has 186 valence electrons. The minimum absolute atomic E-state index is 0.121. The Labute approximate surface area is 220 Å². The zero-order chi connectivity index (χ0) is 25.5. The first-order chi connectivity index (χ1) is 16.5. The third-order valence-corrected chi connectivity index (χ3v) is 8.53. The number of rotatable bonds is 4. The molecule has 6 nitrogen and oxygen atoms in total. The molecular formula is C28H33IN2O4. The van der Waals surface area contributed by atoms with Crippen LogP contribution in [0.25, 0.3) is 0 Å². The van der Waals surface area contributed by atoms with Crippen LogP contribution >= 0.6 is 22.6 Å². The van der Waals surface area contributed by atoms with Crippen LogP contribution < -0.4 is 0 Å². The minimum Gasteiger partial charge on any atom is -0.507 e. The number of hydrogen-bond acceptors (Lipinski definition) is 5. The van der Waals surface area contributed by atoms with E-state index in [0.717, 1.165) is 34.8 Å². The van der Waals surface area contributed by atoms with Crippen LogP contribution in [0.1, 0.15) is 80.9 Å². The average Bonchev–Trinajstić information content (AvgIpc) is 3.11. The first-order valence-electron chi connectivity index (χ1n) is 12.1. The van der Waals surface area contributed by atoms with Crippen molar-refractivity contribution in [3.63, 3.8) is 0 Å². The van der Waals surface area contributed by atoms with E-state index in [1.807, 2.05) is 36.1 Å². The lowest BCUT2D eigenvalue weighted by atomic mass is 9.69. The maximum atomic E-state index is 13.9. The van der Waals surface area contributed by atoms with Gasteiger partial charge in [0.2, 0.25) is 0 Å². The van der Waals surface area contributed by atoms with Gasteiger partial charge in [-0.1, -0.05) is 39.0 Å². The molecule has 0 radical (unpaired) electrons. The van der Waals surface area contributed by atoms with E-state index in [1.54, 1.807) is 18.2 Å². The number of amides is 1. The Hall–Kier alpha value is -2.42. The summed E-state index contributed by atoms with van der Waals surface area (Å²) in [5.74, 6) is 0.210. The molecule has 7 heteroatoms. The van der Waals surface area contributed by atoms with Gasteiger partial charge in [-0.3, -0.25) is 9.79 Å². The van der Waals surface area contributed by atoms with Crippen molar-refractivity contribution in [2.45, 2.75) is 65.1 Å². The fourth-order valence-corrected chi connectivity index (χ4v) is 5.80. The monoisotopic (exact) mass is 588 g/mol. The standard InChI is InChI=1S/C28H33IN2O4/c1-17(18-6-8-19(9-7-18)26(34)35-5)31-25(33)24(20-10-11-22(29)23(32)16-20)30-28(31)14-12-21(13-15-28)27(2,3)4/h6-11,16-17,21,32H,12-15H2,1-5H3/t17-,21?,28?/m1/s1. The van der Waals surface area contributed by atoms with Crippen LogP contribution in [0.2, 0.25) is 0 Å². The number of nitrogens with zero attached hydrogens (tertiary/aromatic N) is 2. The maximum absolute atomic E-state index is 13.9. The fourth-order valence-electron chi connectivity index (χ4n) is 5.46. The molecule has 4 rings (SSSR count). The molecule has 1 atom stereocenters. The van der Waals surface area contributed by atoms with Gasteiger partial charge in [-0.2, -0.15) is 0 Å². The van der Waals surface area contributed by atoms with Gasteiger partial charge in [0.1, 0.15) is 17.1 Å². The van der Waals surface area contributed by atoms with Crippen LogP contribution in [0.15, 0.2) is 47.5 Å². The number of esters is 1. The number of carbonyl (C=O) groups is 2. The van der Waals surface area contributed by atoms with E-state index in [0.29, 0.717) is 22.8 Å². The summed E-state index contributed by atoms with van der Waals surface area (Å²) in [7, 11) is 1.36. The number of benzene rings is 2. The lowest BCUT2D eigenvalue weighted by Gasteiger charge is -2.46. The molecule has 0 bridgehead atoms. The molecule has 1 saturated carbocycles. The molecule has 0 saturated heterocycles. The Morgan fingerprint density at radius 1 is 1.17 bits per heavy atom. The van der Waals surface area contributed by atoms with Gasteiger partial charge in [0.25, 0.3) is 5.91 Å². The van der Waals surface area contributed by atoms with Gasteiger partial charge >= 0.3 is 5.97 Å². The normalized spacial score (nSPS) is 23.4. The van der Waals surface area contributed by atoms with Crippen molar-refractivity contribution < 1.29 is 19.4 Å². The van der Waals surface area contributed by atoms with E-state index in [9.17, 15) is 14.7 Å². The summed E-state index contributed by atoms with van der Waals surface area (Å²) in [6.07, 6.45) is 3.59. The molecule has 1 heterocycles. The molecular weight excluding hydrogens is 555 g/mol. The summed E-state index contributed by atoms with van der Waals surface area (Å²) in [5.41, 5.74) is 2.05. The van der Waals surface area contributed by atoms with Gasteiger partial charge in [-0.25, -0.2) is 4.79 Å². The number of phenols is 1. The molecule has 1 fully saturated rings. The third-order valence-electron chi connectivity index (χ3n) is 7.62. The average molecular weight is 588 g/mol. The van der Waals surface area contributed by atoms with Crippen molar-refractivity contribution in [3.8, 4) is 5.75 Å². The first kappa shape index (κ1) is 25.7. The van der Waals surface area contributed by atoms with Crippen molar-refractivity contribution in [2.75, 3.05) is 7.11 Å². The third kappa shape index (κ3) is 4.84. The number of aliphatic imine (C=N–C) groups is 1. The summed E-state index contributed by atoms with van der Waals surface area (Å²) < 4.78 is 5.55. The van der Waals surface area contributed by atoms with E-state index in [4.69, 9.17) is 9.73 Å². The molecule has 1 aliphatic heterocycles. The maximum Gasteiger partial charge on any atom is 0.337 e. The minimum atomic E-state index is -0.618. The number of ether oxygens (including phenoxy) is 1. The largest absolute Gasteiger partial charge is 0.507 e. The van der Waals surface area contributed by atoms with Crippen LogP contribution in [0.4, 0.5) is 0 Å². The van der Waals surface area contributed by atoms with Crippen molar-refractivity contribution >= 4 is 40.2 Å². The summed E-state index contributed by atoms with van der Waals surface area (Å²) in [6, 6.07) is 12.3. The molecule has 2 aliphatic rings. The van der Waals surface area contributed by atoms with E-state index >= 15 is 0 Å². The van der Waals surface area contributed by atoms with E-state index < -0.39 is 5.66 Å². The fraction of sp³-hybridized carbons (Fsp3) is 0.464. The molecule has 2 aromatic carbocycles. The quantitative estimate of drug-likeness (QED) is 0.346. The van der Waals surface area contributed by atoms with Crippen molar-refractivity contribution in [1.29, 1.82) is 0 Å². The van der Waals surface area contributed by atoms with Gasteiger partial charge in [0.15, 0.2) is 0 Å². The van der Waals surface area contributed by atoms with Gasteiger partial charge < -0.3 is 14.7 Å². The van der Waals surface area contributed by atoms with Crippen LogP contribution in [0.5, 0.6) is 5.75 Å². The lowest BCUT2D eigenvalue weighted by Crippen LogP contribution is -2.50. The number of hydrogen-bond donors (Lipinski definition) is 1. The van der Waals surface area contributed by atoms with Crippen LogP contribution in [-0.4, -0.2) is 40.4 Å². The summed E-state index contributed by atoms with van der Waals surface area (Å²) in [4.78, 5) is 32.9. The first-order valence-corrected chi connectivity index (χ1v) is 13.2. The zero-order valence-electron chi connectivity index (χ0n) is 21.0. The lowest BCUT2D eigenvalue weighted by molar-refractivity contribution is -0.132. The Kier molecular flexibility index (Phi) is 7.01. The Morgan fingerprint density at radius 3 is 2.34 bits per heavy atom. The van der Waals surface area contributed by atoms with Crippen LogP contribution in [0, 0.1) is 14.9 Å². The summed E-state index contributed by atoms with van der Waals surface area (Å²) in [6.45, 7) is 8.86. The summed E-state index contributed by atoms with van der Waals surface area (Å²) in [5, 5.41) is 10.3. The Morgan fingerprint density at radius 2 is 1.80 bits per heavy atom. The number of methoxy groups -OCH3 is 1. The smallest absolute Gasteiger partial charge is 0.337 e. The molecule has 0 unspecified atom stereocenters. The molecule has 0 aromatic heterocycles. The molecule has 2 aromatic rings. The van der Waals surface area contributed by atoms with Crippen LogP contribution in [0.3, 0.4) is 0 Å². The highest BCUT2D eigenvalue weighted by Gasteiger charge is 2.52. The highest BCUT2D eigenvalue weighted by Crippen LogP contribution is 2.49. The predicted molar refractivity (Wildman–Crippen MR) is 145 cm³/mol. The zero-order valence-corrected chi connectivity index (χ0v) is 23.1. The number of halogens is 1. The van der Waals surface area contributed by atoms with E-state index in [-0.39, 0.29) is 29.1 Å². The molecule has 35 heavy (non-hydrogen) atoms. The van der Waals surface area contributed by atoms with Gasteiger partial charge in [0, 0.05) is 5.56 Å². The molecule has 1 spiro atoms. The van der Waals surface area contributed by atoms with Crippen molar-refractivity contribution in [2.24, 2.45) is 16.3 Å². The number of aromatic hydroxyl groups is 1. The second-order valence-electron chi connectivity index (χ2n) is 10.7. The SMILES string of the molecule is COC(=O)c1ccc([C@@H](C)N2C(=O)C(c3ccc(I)c(O)c3)=NC23CCC(C(C)(C)C)CC3)cc1. The van der Waals surface area contributed by atoms with Gasteiger partial charge in [0.05, 0.1) is 22.3 Å². The molecule has 1 aliphatic carbocycles. The Balaban J connectivity index is 1.72. The second kappa shape index (κ2) is 9.56. The topological polar surface area (TPSA) is 79.2 Å². The molecule has 1 amide bonds. The van der Waals surface area contributed by atoms with Crippen LogP contribution in [-0.2, 0) is 9.53 Å².